The third kappa shape index (κ3) is 3.71. The van der Waals surface area contributed by atoms with E-state index in [-0.39, 0.29) is 23.8 Å². The minimum absolute atomic E-state index is 0.0286. The Balaban J connectivity index is 1.65. The van der Waals surface area contributed by atoms with Crippen LogP contribution in [-0.4, -0.2) is 39.8 Å². The number of pyridine rings is 1. The number of imide groups is 1. The van der Waals surface area contributed by atoms with E-state index in [9.17, 15) is 14.4 Å². The highest BCUT2D eigenvalue weighted by Gasteiger charge is 2.56. The van der Waals surface area contributed by atoms with E-state index in [1.54, 1.807) is 18.5 Å². The number of hydrogen-bond acceptors (Lipinski definition) is 4. The molecule has 2 atom stereocenters. The highest BCUT2D eigenvalue weighted by Crippen LogP contribution is 2.46. The van der Waals surface area contributed by atoms with E-state index in [4.69, 9.17) is 0 Å². The minimum atomic E-state index is -0.873. The number of nitrogens with zero attached hydrogens (tertiary/aromatic N) is 2. The van der Waals surface area contributed by atoms with Gasteiger partial charge in [0.05, 0.1) is 0 Å². The minimum Gasteiger partial charge on any atom is -0.350 e. The summed E-state index contributed by atoms with van der Waals surface area (Å²) in [7, 11) is 0. The molecule has 26 heavy (non-hydrogen) atoms. The Morgan fingerprint density at radius 1 is 1.38 bits per heavy atom. The Kier molecular flexibility index (Phi) is 4.73. The number of carbonyl (C=O) groups is 3. The Bertz CT molecular complexity index is 719. The molecule has 7 heteroatoms. The van der Waals surface area contributed by atoms with Gasteiger partial charge >= 0.3 is 6.03 Å². The van der Waals surface area contributed by atoms with Crippen molar-refractivity contribution < 1.29 is 14.4 Å². The second-order valence-electron chi connectivity index (χ2n) is 8.40. The smallest absolute Gasteiger partial charge is 0.325 e. The number of rotatable bonds is 4. The molecule has 1 saturated heterocycles. The molecule has 140 valence electrons. The van der Waals surface area contributed by atoms with Gasteiger partial charge in [-0.1, -0.05) is 26.8 Å². The first-order valence-corrected chi connectivity index (χ1v) is 9.00. The summed E-state index contributed by atoms with van der Waals surface area (Å²) < 4.78 is 0. The summed E-state index contributed by atoms with van der Waals surface area (Å²) in [6, 6.07) is 3.16. The summed E-state index contributed by atoms with van der Waals surface area (Å²) in [6.45, 7) is 6.39. The highest BCUT2D eigenvalue weighted by atomic mass is 16.2. The van der Waals surface area contributed by atoms with Crippen molar-refractivity contribution >= 4 is 17.8 Å². The van der Waals surface area contributed by atoms with Gasteiger partial charge in [0, 0.05) is 18.9 Å². The average molecular weight is 358 g/mol. The van der Waals surface area contributed by atoms with Crippen LogP contribution in [0.1, 0.15) is 45.6 Å². The predicted molar refractivity (Wildman–Crippen MR) is 95.9 cm³/mol. The molecule has 2 unspecified atom stereocenters. The van der Waals surface area contributed by atoms with E-state index < -0.39 is 11.6 Å². The van der Waals surface area contributed by atoms with Crippen molar-refractivity contribution in [2.75, 3.05) is 6.54 Å². The Morgan fingerprint density at radius 3 is 2.81 bits per heavy atom. The average Bonchev–Trinajstić information content (AvgIpc) is 2.75. The summed E-state index contributed by atoms with van der Waals surface area (Å²) in [5, 5.41) is 5.61. The molecule has 1 spiro atoms. The molecule has 1 aliphatic carbocycles. The fraction of sp³-hybridized carbons (Fsp3) is 0.579. The van der Waals surface area contributed by atoms with Gasteiger partial charge in [-0.25, -0.2) is 4.79 Å². The van der Waals surface area contributed by atoms with Crippen LogP contribution in [0, 0.1) is 11.3 Å². The summed E-state index contributed by atoms with van der Waals surface area (Å²) in [5.74, 6) is -0.307. The topological polar surface area (TPSA) is 91.4 Å². The Morgan fingerprint density at radius 2 is 2.15 bits per heavy atom. The quantitative estimate of drug-likeness (QED) is 0.804. The van der Waals surface area contributed by atoms with E-state index in [0.29, 0.717) is 25.3 Å². The van der Waals surface area contributed by atoms with Crippen LogP contribution in [0.4, 0.5) is 4.79 Å². The van der Waals surface area contributed by atoms with E-state index in [1.165, 1.54) is 0 Å². The van der Waals surface area contributed by atoms with Gasteiger partial charge in [-0.15, -0.1) is 0 Å². The molecule has 3 rings (SSSR count). The van der Waals surface area contributed by atoms with Crippen LogP contribution in [-0.2, 0) is 16.1 Å². The van der Waals surface area contributed by atoms with E-state index >= 15 is 0 Å². The number of urea groups is 1. The largest absolute Gasteiger partial charge is 0.350 e. The van der Waals surface area contributed by atoms with Crippen molar-refractivity contribution in [2.45, 2.75) is 52.1 Å². The van der Waals surface area contributed by atoms with Crippen LogP contribution in [0.3, 0.4) is 0 Å². The summed E-state index contributed by atoms with van der Waals surface area (Å²) in [5.41, 5.74) is -0.0430. The van der Waals surface area contributed by atoms with Crippen molar-refractivity contribution in [3.05, 3.63) is 30.1 Å². The van der Waals surface area contributed by atoms with Gasteiger partial charge < -0.3 is 10.6 Å². The lowest BCUT2D eigenvalue weighted by Gasteiger charge is -2.43. The molecule has 0 radical (unpaired) electrons. The van der Waals surface area contributed by atoms with E-state index in [2.05, 4.69) is 36.4 Å². The van der Waals surface area contributed by atoms with Gasteiger partial charge in [0.1, 0.15) is 12.1 Å². The SMILES string of the molecule is CC1CC(C)(C)CC2(C1)NC(=O)N(CC(=O)NCc1cccnc1)C2=O. The van der Waals surface area contributed by atoms with Crippen LogP contribution in [0.15, 0.2) is 24.5 Å². The molecule has 2 heterocycles. The fourth-order valence-electron chi connectivity index (χ4n) is 4.55. The van der Waals surface area contributed by atoms with Gasteiger partial charge in [0.15, 0.2) is 0 Å². The first-order chi connectivity index (χ1) is 12.2. The Hall–Kier alpha value is -2.44. The van der Waals surface area contributed by atoms with Gasteiger partial charge in [-0.05, 0) is 42.2 Å². The van der Waals surface area contributed by atoms with Crippen LogP contribution in [0.25, 0.3) is 0 Å². The first-order valence-electron chi connectivity index (χ1n) is 9.00. The molecule has 2 N–H and O–H groups in total. The molecule has 2 fully saturated rings. The molecule has 7 nitrogen and oxygen atoms in total. The predicted octanol–water partition coefficient (Wildman–Crippen LogP) is 1.83. The maximum atomic E-state index is 13.0. The van der Waals surface area contributed by atoms with Gasteiger partial charge in [-0.3, -0.25) is 19.5 Å². The number of hydrogen-bond donors (Lipinski definition) is 2. The lowest BCUT2D eigenvalue weighted by molar-refractivity contribution is -0.137. The van der Waals surface area contributed by atoms with Crippen molar-refractivity contribution in [1.82, 2.24) is 20.5 Å². The summed E-state index contributed by atoms with van der Waals surface area (Å²) >= 11 is 0. The number of amides is 4. The fourth-order valence-corrected chi connectivity index (χ4v) is 4.55. The molecule has 1 saturated carbocycles. The second-order valence-corrected chi connectivity index (χ2v) is 8.40. The zero-order chi connectivity index (χ0) is 18.9. The van der Waals surface area contributed by atoms with Crippen LogP contribution >= 0.6 is 0 Å². The normalized spacial score (nSPS) is 27.5. The van der Waals surface area contributed by atoms with Crippen molar-refractivity contribution in [3.63, 3.8) is 0 Å². The molecule has 1 aromatic heterocycles. The molecular weight excluding hydrogens is 332 g/mol. The maximum absolute atomic E-state index is 13.0. The summed E-state index contributed by atoms with van der Waals surface area (Å²) in [6.07, 6.45) is 5.56. The molecular formula is C19H26N4O3. The standard InChI is InChI=1S/C19H26N4O3/c1-13-7-18(2,3)12-19(8-13)16(25)23(17(26)22-19)11-15(24)21-10-14-5-4-6-20-9-14/h4-6,9,13H,7-8,10-12H2,1-3H3,(H,21,24)(H,22,26). The Labute approximate surface area is 153 Å². The monoisotopic (exact) mass is 358 g/mol. The van der Waals surface area contributed by atoms with Crippen molar-refractivity contribution in [1.29, 1.82) is 0 Å². The number of carbonyl (C=O) groups excluding carboxylic acids is 3. The van der Waals surface area contributed by atoms with Gasteiger partial charge in [0.25, 0.3) is 5.91 Å². The van der Waals surface area contributed by atoms with Crippen LogP contribution in [0.2, 0.25) is 0 Å². The first kappa shape index (κ1) is 18.4. The molecule has 1 aliphatic heterocycles. The zero-order valence-electron chi connectivity index (χ0n) is 15.5. The molecule has 4 amide bonds. The second kappa shape index (κ2) is 6.70. The van der Waals surface area contributed by atoms with E-state index in [1.807, 2.05) is 6.07 Å². The molecule has 0 aromatic carbocycles. The van der Waals surface area contributed by atoms with Crippen LogP contribution < -0.4 is 10.6 Å². The van der Waals surface area contributed by atoms with Crippen LogP contribution in [0.5, 0.6) is 0 Å². The highest BCUT2D eigenvalue weighted by molar-refractivity contribution is 6.09. The number of aromatic nitrogens is 1. The lowest BCUT2D eigenvalue weighted by Crippen LogP contribution is -2.54. The molecule has 1 aromatic rings. The van der Waals surface area contributed by atoms with Crippen molar-refractivity contribution in [3.8, 4) is 0 Å². The molecule has 2 aliphatic rings. The third-order valence-electron chi connectivity index (χ3n) is 5.14. The van der Waals surface area contributed by atoms with Crippen molar-refractivity contribution in [2.24, 2.45) is 11.3 Å². The van der Waals surface area contributed by atoms with E-state index in [0.717, 1.165) is 16.9 Å². The third-order valence-corrected chi connectivity index (χ3v) is 5.14. The summed E-state index contributed by atoms with van der Waals surface area (Å²) in [4.78, 5) is 42.6. The zero-order valence-corrected chi connectivity index (χ0v) is 15.5. The van der Waals surface area contributed by atoms with Gasteiger partial charge in [-0.2, -0.15) is 0 Å². The number of nitrogens with one attached hydrogen (secondary N) is 2. The van der Waals surface area contributed by atoms with Gasteiger partial charge in [0.2, 0.25) is 5.91 Å². The lowest BCUT2D eigenvalue weighted by atomic mass is 9.64. The maximum Gasteiger partial charge on any atom is 0.325 e. The molecule has 0 bridgehead atoms.